The molecule has 0 bridgehead atoms. The van der Waals surface area contributed by atoms with Crippen LogP contribution in [0.25, 0.3) is 0 Å². The van der Waals surface area contributed by atoms with E-state index in [2.05, 4.69) is 26.0 Å². The van der Waals surface area contributed by atoms with Gasteiger partial charge in [-0.25, -0.2) is 0 Å². The average Bonchev–Trinajstić information content (AvgIpc) is 2.26. The summed E-state index contributed by atoms with van der Waals surface area (Å²) in [5, 5.41) is 0. The van der Waals surface area contributed by atoms with Crippen LogP contribution in [0.3, 0.4) is 0 Å². The molecular formula is C14H21NO. The van der Waals surface area contributed by atoms with Gasteiger partial charge in [0.25, 0.3) is 0 Å². The van der Waals surface area contributed by atoms with Gasteiger partial charge in [0.05, 0.1) is 7.11 Å². The predicted molar refractivity (Wildman–Crippen MR) is 66.8 cm³/mol. The van der Waals surface area contributed by atoms with E-state index in [-0.39, 0.29) is 5.54 Å². The van der Waals surface area contributed by atoms with E-state index in [0.29, 0.717) is 0 Å². The van der Waals surface area contributed by atoms with Gasteiger partial charge in [0.15, 0.2) is 0 Å². The molecular weight excluding hydrogens is 198 g/mol. The fourth-order valence-electron chi connectivity index (χ4n) is 2.68. The quantitative estimate of drug-likeness (QED) is 0.830. The maximum absolute atomic E-state index is 6.28. The van der Waals surface area contributed by atoms with E-state index in [0.717, 1.165) is 12.2 Å². The van der Waals surface area contributed by atoms with Crippen LogP contribution in [-0.2, 0) is 18.4 Å². The maximum Gasteiger partial charge on any atom is 0.124 e. The molecule has 2 heteroatoms. The van der Waals surface area contributed by atoms with Crippen molar-refractivity contribution < 1.29 is 4.74 Å². The molecule has 0 aromatic heterocycles. The fourth-order valence-corrected chi connectivity index (χ4v) is 2.68. The Balaban J connectivity index is 2.61. The first-order valence-corrected chi connectivity index (χ1v) is 6.02. The van der Waals surface area contributed by atoms with Crippen molar-refractivity contribution in [2.45, 2.75) is 45.1 Å². The zero-order valence-corrected chi connectivity index (χ0v) is 10.5. The van der Waals surface area contributed by atoms with E-state index in [1.165, 1.54) is 36.0 Å². The summed E-state index contributed by atoms with van der Waals surface area (Å²) in [7, 11) is 1.72. The first kappa shape index (κ1) is 11.5. The molecule has 0 fully saturated rings. The Bertz CT molecular complexity index is 390. The minimum atomic E-state index is -0.325. The number of ether oxygens (including phenoxy) is 1. The molecule has 0 atom stereocenters. The van der Waals surface area contributed by atoms with Gasteiger partial charge in [-0.3, -0.25) is 0 Å². The standard InChI is InChI=1S/C14H21NO/c1-14(2,15)13-11-7-5-4-6-10(11)8-9-12(13)16-3/h8-9H,4-7,15H2,1-3H3. The monoisotopic (exact) mass is 219 g/mol. The molecule has 1 aromatic carbocycles. The number of hydrogen-bond acceptors (Lipinski definition) is 2. The van der Waals surface area contributed by atoms with Crippen molar-refractivity contribution in [3.8, 4) is 5.75 Å². The number of methoxy groups -OCH3 is 1. The maximum atomic E-state index is 6.28. The lowest BCUT2D eigenvalue weighted by Crippen LogP contribution is -2.31. The third kappa shape index (κ3) is 1.94. The summed E-state index contributed by atoms with van der Waals surface area (Å²) >= 11 is 0. The molecule has 0 spiro atoms. The summed E-state index contributed by atoms with van der Waals surface area (Å²) in [6, 6.07) is 4.26. The van der Waals surface area contributed by atoms with Gasteiger partial charge in [-0.2, -0.15) is 0 Å². The van der Waals surface area contributed by atoms with E-state index in [4.69, 9.17) is 10.5 Å². The topological polar surface area (TPSA) is 35.2 Å². The van der Waals surface area contributed by atoms with Gasteiger partial charge in [-0.05, 0) is 56.7 Å². The first-order valence-electron chi connectivity index (χ1n) is 6.02. The summed E-state index contributed by atoms with van der Waals surface area (Å²) in [6.07, 6.45) is 4.89. The van der Waals surface area contributed by atoms with Gasteiger partial charge in [0.2, 0.25) is 0 Å². The van der Waals surface area contributed by atoms with Crippen LogP contribution in [0, 0.1) is 0 Å². The molecule has 1 aliphatic rings. The molecule has 2 nitrogen and oxygen atoms in total. The Labute approximate surface area is 97.8 Å². The third-order valence-electron chi connectivity index (χ3n) is 3.36. The SMILES string of the molecule is COc1ccc2c(c1C(C)(C)N)CCCC2. The number of rotatable bonds is 2. The largest absolute Gasteiger partial charge is 0.496 e. The van der Waals surface area contributed by atoms with Crippen LogP contribution >= 0.6 is 0 Å². The van der Waals surface area contributed by atoms with Crippen molar-refractivity contribution in [2.24, 2.45) is 5.73 Å². The van der Waals surface area contributed by atoms with Crippen LogP contribution in [-0.4, -0.2) is 7.11 Å². The van der Waals surface area contributed by atoms with E-state index in [1.807, 2.05) is 0 Å². The van der Waals surface area contributed by atoms with Crippen LogP contribution in [0.1, 0.15) is 43.4 Å². The third-order valence-corrected chi connectivity index (χ3v) is 3.36. The smallest absolute Gasteiger partial charge is 0.124 e. The highest BCUT2D eigenvalue weighted by atomic mass is 16.5. The molecule has 0 radical (unpaired) electrons. The van der Waals surface area contributed by atoms with Crippen molar-refractivity contribution in [1.29, 1.82) is 0 Å². The number of nitrogens with two attached hydrogens (primary N) is 1. The molecule has 0 heterocycles. The summed E-state index contributed by atoms with van der Waals surface area (Å²) in [6.45, 7) is 4.11. The van der Waals surface area contributed by atoms with E-state index in [9.17, 15) is 0 Å². The second-order valence-corrected chi connectivity index (χ2v) is 5.21. The van der Waals surface area contributed by atoms with Gasteiger partial charge in [0, 0.05) is 11.1 Å². The average molecular weight is 219 g/mol. The van der Waals surface area contributed by atoms with E-state index < -0.39 is 0 Å². The molecule has 0 aliphatic heterocycles. The highest BCUT2D eigenvalue weighted by molar-refractivity contribution is 5.49. The predicted octanol–water partition coefficient (Wildman–Crippen LogP) is 2.77. The molecule has 1 aromatic rings. The second-order valence-electron chi connectivity index (χ2n) is 5.21. The summed E-state index contributed by atoms with van der Waals surface area (Å²) in [5.74, 6) is 0.938. The zero-order valence-electron chi connectivity index (χ0n) is 10.5. The van der Waals surface area contributed by atoms with Crippen LogP contribution in [0.15, 0.2) is 12.1 Å². The second kappa shape index (κ2) is 4.10. The van der Waals surface area contributed by atoms with Crippen LogP contribution in [0.5, 0.6) is 5.75 Å². The Morgan fingerprint density at radius 3 is 2.50 bits per heavy atom. The van der Waals surface area contributed by atoms with Crippen LogP contribution in [0.4, 0.5) is 0 Å². The molecule has 0 amide bonds. The Kier molecular flexibility index (Phi) is 2.94. The van der Waals surface area contributed by atoms with Gasteiger partial charge in [0.1, 0.15) is 5.75 Å². The van der Waals surface area contributed by atoms with Crippen LogP contribution < -0.4 is 10.5 Å². The van der Waals surface area contributed by atoms with Crippen molar-refractivity contribution in [3.05, 3.63) is 28.8 Å². The van der Waals surface area contributed by atoms with Crippen LogP contribution in [0.2, 0.25) is 0 Å². The molecule has 88 valence electrons. The Hall–Kier alpha value is -1.02. The minimum Gasteiger partial charge on any atom is -0.496 e. The highest BCUT2D eigenvalue weighted by Gasteiger charge is 2.26. The molecule has 16 heavy (non-hydrogen) atoms. The van der Waals surface area contributed by atoms with Gasteiger partial charge in [-0.1, -0.05) is 6.07 Å². The van der Waals surface area contributed by atoms with Gasteiger partial charge >= 0.3 is 0 Å². The zero-order chi connectivity index (χ0) is 11.8. The van der Waals surface area contributed by atoms with E-state index in [1.54, 1.807) is 7.11 Å². The molecule has 2 N–H and O–H groups in total. The summed E-state index contributed by atoms with van der Waals surface area (Å²) in [4.78, 5) is 0. The molecule has 0 saturated carbocycles. The summed E-state index contributed by atoms with van der Waals surface area (Å²) in [5.41, 5.74) is 10.0. The number of hydrogen-bond donors (Lipinski definition) is 1. The molecule has 0 unspecified atom stereocenters. The van der Waals surface area contributed by atoms with Crippen molar-refractivity contribution in [3.63, 3.8) is 0 Å². The van der Waals surface area contributed by atoms with Crippen molar-refractivity contribution >= 4 is 0 Å². The van der Waals surface area contributed by atoms with Gasteiger partial charge in [-0.15, -0.1) is 0 Å². The van der Waals surface area contributed by atoms with Crippen molar-refractivity contribution in [1.82, 2.24) is 0 Å². The number of fused-ring (bicyclic) bond motifs is 1. The molecule has 2 rings (SSSR count). The van der Waals surface area contributed by atoms with Crippen molar-refractivity contribution in [2.75, 3.05) is 7.11 Å². The lowest BCUT2D eigenvalue weighted by atomic mass is 9.81. The molecule has 1 aliphatic carbocycles. The highest BCUT2D eigenvalue weighted by Crippen LogP contribution is 2.36. The normalized spacial score (nSPS) is 15.8. The number of benzene rings is 1. The fraction of sp³-hybridized carbons (Fsp3) is 0.571. The first-order chi connectivity index (χ1) is 7.54. The number of aryl methyl sites for hydroxylation is 1. The minimum absolute atomic E-state index is 0.325. The van der Waals surface area contributed by atoms with E-state index >= 15 is 0 Å². The Morgan fingerprint density at radius 1 is 1.19 bits per heavy atom. The lowest BCUT2D eigenvalue weighted by molar-refractivity contribution is 0.391. The summed E-state index contributed by atoms with van der Waals surface area (Å²) < 4.78 is 5.46. The molecule has 0 saturated heterocycles. The Morgan fingerprint density at radius 2 is 1.88 bits per heavy atom. The lowest BCUT2D eigenvalue weighted by Gasteiger charge is -2.29. The van der Waals surface area contributed by atoms with Gasteiger partial charge < -0.3 is 10.5 Å².